The van der Waals surface area contributed by atoms with Crippen molar-refractivity contribution in [1.29, 1.82) is 0 Å². The van der Waals surface area contributed by atoms with Crippen LogP contribution in [0.15, 0.2) is 18.3 Å². The van der Waals surface area contributed by atoms with E-state index in [2.05, 4.69) is 37.8 Å². The van der Waals surface area contributed by atoms with Crippen LogP contribution in [-0.4, -0.2) is 16.3 Å². The van der Waals surface area contributed by atoms with Crippen molar-refractivity contribution < 1.29 is 0 Å². The number of aromatic nitrogens is 2. The number of rotatable bonds is 6. The van der Waals surface area contributed by atoms with Crippen LogP contribution in [0, 0.1) is 6.92 Å². The average molecular weight is 221 g/mol. The third-order valence-electron chi connectivity index (χ3n) is 2.96. The molecule has 0 aliphatic rings. The molecule has 1 aromatic rings. The number of nitrogens with one attached hydrogen (secondary N) is 1. The second kappa shape index (κ2) is 5.85. The van der Waals surface area contributed by atoms with E-state index in [0.717, 1.165) is 19.4 Å². The first kappa shape index (κ1) is 13.0. The van der Waals surface area contributed by atoms with Crippen LogP contribution >= 0.6 is 0 Å². The Kier molecular flexibility index (Phi) is 4.74. The first-order valence-corrected chi connectivity index (χ1v) is 5.92. The van der Waals surface area contributed by atoms with Crippen molar-refractivity contribution in [2.75, 3.05) is 6.54 Å². The molecule has 0 fully saturated rings. The monoisotopic (exact) mass is 221 g/mol. The zero-order valence-corrected chi connectivity index (χ0v) is 10.9. The molecule has 3 nitrogen and oxygen atoms in total. The third-order valence-corrected chi connectivity index (χ3v) is 2.96. The average Bonchev–Trinajstić information content (AvgIpc) is 2.55. The van der Waals surface area contributed by atoms with Crippen LogP contribution in [0.1, 0.15) is 44.0 Å². The van der Waals surface area contributed by atoms with Crippen LogP contribution in [0.3, 0.4) is 0 Å². The number of hydrogen-bond donors (Lipinski definition) is 1. The van der Waals surface area contributed by atoms with Gasteiger partial charge < -0.3 is 5.32 Å². The molecule has 1 aromatic heterocycles. The summed E-state index contributed by atoms with van der Waals surface area (Å²) >= 11 is 0. The Hall–Kier alpha value is -1.09. The van der Waals surface area contributed by atoms with Gasteiger partial charge in [-0.1, -0.05) is 12.5 Å². The van der Waals surface area contributed by atoms with Gasteiger partial charge in [-0.05, 0) is 33.2 Å². The normalized spacial score (nSPS) is 12.8. The summed E-state index contributed by atoms with van der Waals surface area (Å²) in [6.45, 7) is 11.3. The van der Waals surface area contributed by atoms with Gasteiger partial charge in [0.25, 0.3) is 0 Å². The molecule has 0 saturated carbocycles. The lowest BCUT2D eigenvalue weighted by Crippen LogP contribution is -2.21. The van der Waals surface area contributed by atoms with Gasteiger partial charge in [-0.2, -0.15) is 5.10 Å². The molecular weight excluding hydrogens is 198 g/mol. The predicted octanol–water partition coefficient (Wildman–Crippen LogP) is 2.74. The van der Waals surface area contributed by atoms with Crippen LogP contribution < -0.4 is 5.32 Å². The molecule has 1 N–H and O–H groups in total. The van der Waals surface area contributed by atoms with E-state index < -0.39 is 0 Å². The summed E-state index contributed by atoms with van der Waals surface area (Å²) in [6.07, 6.45) is 4.13. The fourth-order valence-corrected chi connectivity index (χ4v) is 1.86. The molecular formula is C13H23N3. The van der Waals surface area contributed by atoms with Gasteiger partial charge in [0.2, 0.25) is 0 Å². The van der Waals surface area contributed by atoms with Crippen molar-refractivity contribution in [2.24, 2.45) is 7.05 Å². The second-order valence-corrected chi connectivity index (χ2v) is 4.41. The Morgan fingerprint density at radius 3 is 2.75 bits per heavy atom. The van der Waals surface area contributed by atoms with E-state index in [1.54, 1.807) is 0 Å². The van der Waals surface area contributed by atoms with E-state index in [1.807, 2.05) is 17.9 Å². The minimum absolute atomic E-state index is 0.399. The molecule has 1 heterocycles. The van der Waals surface area contributed by atoms with Gasteiger partial charge in [-0.3, -0.25) is 4.68 Å². The maximum Gasteiger partial charge on any atom is 0.0540 e. The van der Waals surface area contributed by atoms with Crippen molar-refractivity contribution in [3.63, 3.8) is 0 Å². The number of aryl methyl sites for hydroxylation is 1. The lowest BCUT2D eigenvalue weighted by atomic mass is 10.0. The Balaban J connectivity index is 2.76. The van der Waals surface area contributed by atoms with Gasteiger partial charge in [-0.15, -0.1) is 6.58 Å². The molecule has 3 heteroatoms. The van der Waals surface area contributed by atoms with Crippen LogP contribution in [0.5, 0.6) is 0 Å². The van der Waals surface area contributed by atoms with E-state index in [9.17, 15) is 0 Å². The summed E-state index contributed by atoms with van der Waals surface area (Å²) in [5, 5.41) is 7.81. The Morgan fingerprint density at radius 2 is 2.31 bits per heavy atom. The highest BCUT2D eigenvalue weighted by Crippen LogP contribution is 2.22. The van der Waals surface area contributed by atoms with Crippen LogP contribution in [0.25, 0.3) is 0 Å². The van der Waals surface area contributed by atoms with Crippen molar-refractivity contribution >= 4 is 0 Å². The first-order chi connectivity index (χ1) is 7.56. The summed E-state index contributed by atoms with van der Waals surface area (Å²) in [7, 11) is 1.99. The Labute approximate surface area is 98.5 Å². The van der Waals surface area contributed by atoms with Crippen molar-refractivity contribution in [3.8, 4) is 0 Å². The van der Waals surface area contributed by atoms with Gasteiger partial charge in [0.1, 0.15) is 0 Å². The van der Waals surface area contributed by atoms with Crippen molar-refractivity contribution in [3.05, 3.63) is 29.6 Å². The van der Waals surface area contributed by atoms with E-state index in [4.69, 9.17) is 0 Å². The minimum atomic E-state index is 0.399. The molecule has 0 aromatic carbocycles. The van der Waals surface area contributed by atoms with Gasteiger partial charge in [0.05, 0.1) is 6.20 Å². The number of allylic oxidation sites excluding steroid dienone is 1. The Bertz CT molecular complexity index is 352. The molecule has 1 atom stereocenters. The van der Waals surface area contributed by atoms with Crippen molar-refractivity contribution in [1.82, 2.24) is 15.1 Å². The van der Waals surface area contributed by atoms with Gasteiger partial charge in [0.15, 0.2) is 0 Å². The van der Waals surface area contributed by atoms with E-state index in [-0.39, 0.29) is 0 Å². The lowest BCUT2D eigenvalue weighted by Gasteiger charge is -2.17. The molecule has 0 saturated heterocycles. The molecule has 16 heavy (non-hydrogen) atoms. The summed E-state index contributed by atoms with van der Waals surface area (Å²) < 4.78 is 1.93. The molecule has 0 bridgehead atoms. The molecule has 90 valence electrons. The number of nitrogens with zero attached hydrogens (tertiary/aromatic N) is 2. The minimum Gasteiger partial charge on any atom is -0.310 e. The smallest absolute Gasteiger partial charge is 0.0540 e. The predicted molar refractivity (Wildman–Crippen MR) is 68.4 cm³/mol. The summed E-state index contributed by atoms with van der Waals surface area (Å²) in [5.41, 5.74) is 3.79. The van der Waals surface area contributed by atoms with Crippen molar-refractivity contribution in [2.45, 2.75) is 39.7 Å². The molecule has 1 rings (SSSR count). The molecule has 0 radical (unpaired) electrons. The third kappa shape index (κ3) is 3.20. The highest BCUT2D eigenvalue weighted by molar-refractivity contribution is 5.20. The highest BCUT2D eigenvalue weighted by Gasteiger charge is 2.15. The molecule has 0 spiro atoms. The topological polar surface area (TPSA) is 29.9 Å². The van der Waals surface area contributed by atoms with Crippen LogP contribution in [-0.2, 0) is 7.05 Å². The summed E-state index contributed by atoms with van der Waals surface area (Å²) in [6, 6.07) is 0.399. The SMILES string of the molecule is C=C(C)CCC(NCC)c1cnn(C)c1C. The summed E-state index contributed by atoms with van der Waals surface area (Å²) in [4.78, 5) is 0. The maximum absolute atomic E-state index is 4.30. The Morgan fingerprint density at radius 1 is 1.62 bits per heavy atom. The maximum atomic E-state index is 4.30. The largest absolute Gasteiger partial charge is 0.310 e. The zero-order valence-electron chi connectivity index (χ0n) is 10.9. The van der Waals surface area contributed by atoms with Gasteiger partial charge in [-0.25, -0.2) is 0 Å². The van der Waals surface area contributed by atoms with Gasteiger partial charge >= 0.3 is 0 Å². The fourth-order valence-electron chi connectivity index (χ4n) is 1.86. The van der Waals surface area contributed by atoms with E-state index in [0.29, 0.717) is 6.04 Å². The standard InChI is InChI=1S/C13H23N3/c1-6-14-13(8-7-10(2)3)12-9-15-16(5)11(12)4/h9,13-14H,2,6-8H2,1,3-5H3. The lowest BCUT2D eigenvalue weighted by molar-refractivity contribution is 0.511. The highest BCUT2D eigenvalue weighted by atomic mass is 15.3. The molecule has 0 aliphatic carbocycles. The zero-order chi connectivity index (χ0) is 12.1. The van der Waals surface area contributed by atoms with Crippen LogP contribution in [0.4, 0.5) is 0 Å². The first-order valence-electron chi connectivity index (χ1n) is 5.92. The second-order valence-electron chi connectivity index (χ2n) is 4.41. The van der Waals surface area contributed by atoms with Crippen LogP contribution in [0.2, 0.25) is 0 Å². The quantitative estimate of drug-likeness (QED) is 0.749. The molecule has 1 unspecified atom stereocenters. The van der Waals surface area contributed by atoms with E-state index >= 15 is 0 Å². The molecule has 0 aliphatic heterocycles. The summed E-state index contributed by atoms with van der Waals surface area (Å²) in [5.74, 6) is 0. The fraction of sp³-hybridized carbons (Fsp3) is 0.615. The van der Waals surface area contributed by atoms with E-state index in [1.165, 1.54) is 16.8 Å². The number of hydrogen-bond acceptors (Lipinski definition) is 2. The van der Waals surface area contributed by atoms with Gasteiger partial charge in [0, 0.05) is 24.3 Å². The molecule has 0 amide bonds.